The van der Waals surface area contributed by atoms with Gasteiger partial charge in [-0.3, -0.25) is 19.3 Å². The van der Waals surface area contributed by atoms with Crippen LogP contribution in [0.5, 0.6) is 0 Å². The molecule has 1 fully saturated rings. The normalized spacial score (nSPS) is 15.0. The summed E-state index contributed by atoms with van der Waals surface area (Å²) in [7, 11) is 1.55. The van der Waals surface area contributed by atoms with Gasteiger partial charge in [-0.2, -0.15) is 5.10 Å². The number of pyridine rings is 1. The molecule has 0 aliphatic carbocycles. The third kappa shape index (κ3) is 3.69. The van der Waals surface area contributed by atoms with Crippen molar-refractivity contribution >= 4 is 23.1 Å². The lowest BCUT2D eigenvalue weighted by molar-refractivity contribution is -0.121. The summed E-state index contributed by atoms with van der Waals surface area (Å²) in [6, 6.07) is 5.21. The summed E-state index contributed by atoms with van der Waals surface area (Å²) < 4.78 is 1.65. The number of carbonyl (C=O) groups is 2. The van der Waals surface area contributed by atoms with Crippen LogP contribution in [0.15, 0.2) is 29.2 Å². The minimum Gasteiger partial charge on any atom is -0.354 e. The number of fused-ring (bicyclic) bond motifs is 1. The average Bonchev–Trinajstić information content (AvgIpc) is 3.09. The van der Waals surface area contributed by atoms with Crippen LogP contribution in [0.2, 0.25) is 0 Å². The third-order valence-corrected chi connectivity index (χ3v) is 5.20. The molecule has 1 aliphatic heterocycles. The molecule has 4 rings (SSSR count). The average molecular weight is 409 g/mol. The summed E-state index contributed by atoms with van der Waals surface area (Å²) in [5.74, 6) is -0.295. The number of piperazine rings is 1. The molecule has 0 bridgehead atoms. The number of aryl methyl sites for hydroxylation is 2. The smallest absolute Gasteiger partial charge is 0.269 e. The monoisotopic (exact) mass is 409 g/mol. The molecule has 10 nitrogen and oxygen atoms in total. The van der Waals surface area contributed by atoms with Crippen molar-refractivity contribution in [3.8, 4) is 0 Å². The van der Waals surface area contributed by atoms with E-state index in [1.807, 2.05) is 11.0 Å². The molecule has 10 heteroatoms. The lowest BCUT2D eigenvalue weighted by Gasteiger charge is -2.34. The molecule has 3 aromatic rings. The van der Waals surface area contributed by atoms with E-state index in [9.17, 15) is 14.4 Å². The summed E-state index contributed by atoms with van der Waals surface area (Å²) in [5, 5.41) is 7.04. The highest BCUT2D eigenvalue weighted by Crippen LogP contribution is 2.22. The first-order chi connectivity index (χ1) is 14.4. The van der Waals surface area contributed by atoms with Crippen LogP contribution >= 0.6 is 0 Å². The van der Waals surface area contributed by atoms with Crippen LogP contribution in [0.25, 0.3) is 5.65 Å². The van der Waals surface area contributed by atoms with E-state index in [4.69, 9.17) is 0 Å². The molecule has 1 saturated heterocycles. The highest BCUT2D eigenvalue weighted by Gasteiger charge is 2.27. The van der Waals surface area contributed by atoms with Gasteiger partial charge >= 0.3 is 0 Å². The number of amides is 2. The van der Waals surface area contributed by atoms with Gasteiger partial charge in [-0.1, -0.05) is 0 Å². The Bertz CT molecular complexity index is 1200. The molecule has 2 amide bonds. The Morgan fingerprint density at radius 2 is 2.03 bits per heavy atom. The van der Waals surface area contributed by atoms with Gasteiger partial charge in [0.25, 0.3) is 11.5 Å². The molecule has 0 radical (unpaired) electrons. The Kier molecular flexibility index (Phi) is 5.08. The van der Waals surface area contributed by atoms with Crippen LogP contribution in [-0.2, 0) is 11.3 Å². The topological polar surface area (TPSA) is 116 Å². The number of hydrogen-bond acceptors (Lipinski definition) is 6. The van der Waals surface area contributed by atoms with Crippen LogP contribution in [0.1, 0.15) is 27.4 Å². The number of anilines is 1. The number of aromatic amines is 1. The van der Waals surface area contributed by atoms with E-state index in [0.717, 1.165) is 5.69 Å². The predicted molar refractivity (Wildman–Crippen MR) is 111 cm³/mol. The van der Waals surface area contributed by atoms with Gasteiger partial charge < -0.3 is 15.2 Å². The van der Waals surface area contributed by atoms with E-state index in [1.165, 1.54) is 0 Å². The predicted octanol–water partition coefficient (Wildman–Crippen LogP) is 0.243. The molecular weight excluding hydrogens is 386 g/mol. The minimum absolute atomic E-state index is 0.0353. The first-order valence-corrected chi connectivity index (χ1v) is 9.66. The maximum absolute atomic E-state index is 12.8. The molecular formula is C20H23N7O3. The highest BCUT2D eigenvalue weighted by molar-refractivity contribution is 5.97. The van der Waals surface area contributed by atoms with Gasteiger partial charge in [0, 0.05) is 44.5 Å². The summed E-state index contributed by atoms with van der Waals surface area (Å²) in [5.41, 5.74) is 3.54. The standard InChI is InChI=1S/C20H23N7O3/c1-12-9-27-17(23-19(12)29)8-14(24-27)10-25-6-7-26(18(28)11-25)16-5-4-15(20(30)21-3)22-13(16)2/h4-5,8-9H,6-7,10-11H2,1-3H3,(H,21,30)(H,23,29). The zero-order chi connectivity index (χ0) is 21.4. The molecule has 2 N–H and O–H groups in total. The Morgan fingerprint density at radius 1 is 1.23 bits per heavy atom. The summed E-state index contributed by atoms with van der Waals surface area (Å²) >= 11 is 0. The molecule has 156 valence electrons. The number of rotatable bonds is 4. The zero-order valence-electron chi connectivity index (χ0n) is 17.1. The zero-order valence-corrected chi connectivity index (χ0v) is 17.1. The molecule has 0 saturated carbocycles. The van der Waals surface area contributed by atoms with Crippen molar-refractivity contribution in [2.24, 2.45) is 0 Å². The van der Waals surface area contributed by atoms with Crippen molar-refractivity contribution in [1.29, 1.82) is 0 Å². The molecule has 0 unspecified atom stereocenters. The lowest BCUT2D eigenvalue weighted by Crippen LogP contribution is -2.50. The van der Waals surface area contributed by atoms with Gasteiger partial charge in [0.1, 0.15) is 11.3 Å². The fourth-order valence-corrected chi connectivity index (χ4v) is 3.61. The van der Waals surface area contributed by atoms with E-state index in [1.54, 1.807) is 48.6 Å². The van der Waals surface area contributed by atoms with Gasteiger partial charge in [0.2, 0.25) is 5.91 Å². The van der Waals surface area contributed by atoms with Crippen molar-refractivity contribution in [2.75, 3.05) is 31.6 Å². The molecule has 0 spiro atoms. The quantitative estimate of drug-likeness (QED) is 0.638. The molecule has 0 atom stereocenters. The lowest BCUT2D eigenvalue weighted by atomic mass is 10.2. The molecule has 0 aromatic carbocycles. The van der Waals surface area contributed by atoms with Crippen LogP contribution < -0.4 is 15.8 Å². The summed E-state index contributed by atoms with van der Waals surface area (Å²) in [4.78, 5) is 47.1. The van der Waals surface area contributed by atoms with Crippen molar-refractivity contribution in [1.82, 2.24) is 29.8 Å². The van der Waals surface area contributed by atoms with Crippen LogP contribution in [0, 0.1) is 13.8 Å². The minimum atomic E-state index is -0.259. The van der Waals surface area contributed by atoms with Gasteiger partial charge in [-0.15, -0.1) is 0 Å². The number of carbonyl (C=O) groups excluding carboxylic acids is 2. The van der Waals surface area contributed by atoms with E-state index in [2.05, 4.69) is 20.4 Å². The van der Waals surface area contributed by atoms with Crippen molar-refractivity contribution in [3.63, 3.8) is 0 Å². The van der Waals surface area contributed by atoms with Gasteiger partial charge in [0.05, 0.1) is 23.6 Å². The first kappa shape index (κ1) is 19.8. The fraction of sp³-hybridized carbons (Fsp3) is 0.350. The van der Waals surface area contributed by atoms with Gasteiger partial charge in [0.15, 0.2) is 0 Å². The SMILES string of the molecule is CNC(=O)c1ccc(N2CCN(Cc3cc4[nH]c(=O)c(C)cn4n3)CC2=O)c(C)n1. The Morgan fingerprint density at radius 3 is 2.73 bits per heavy atom. The molecule has 1 aliphatic rings. The Labute approximate surface area is 172 Å². The van der Waals surface area contributed by atoms with Crippen LogP contribution in [0.4, 0.5) is 5.69 Å². The number of H-pyrrole nitrogens is 1. The Hall–Kier alpha value is -3.53. The van der Waals surface area contributed by atoms with E-state index >= 15 is 0 Å². The highest BCUT2D eigenvalue weighted by atomic mass is 16.2. The molecule has 4 heterocycles. The van der Waals surface area contributed by atoms with Gasteiger partial charge in [-0.05, 0) is 26.0 Å². The fourth-order valence-electron chi connectivity index (χ4n) is 3.61. The Balaban J connectivity index is 1.46. The molecule has 30 heavy (non-hydrogen) atoms. The van der Waals surface area contributed by atoms with Crippen molar-refractivity contribution in [3.05, 3.63) is 57.4 Å². The van der Waals surface area contributed by atoms with Crippen molar-refractivity contribution < 1.29 is 9.59 Å². The van der Waals surface area contributed by atoms with Crippen molar-refractivity contribution in [2.45, 2.75) is 20.4 Å². The number of aromatic nitrogens is 4. The number of hydrogen-bond donors (Lipinski definition) is 2. The first-order valence-electron chi connectivity index (χ1n) is 9.66. The van der Waals surface area contributed by atoms with E-state index in [-0.39, 0.29) is 23.9 Å². The second-order valence-corrected chi connectivity index (χ2v) is 7.37. The summed E-state index contributed by atoms with van der Waals surface area (Å²) in [6.45, 7) is 5.47. The maximum atomic E-state index is 12.8. The maximum Gasteiger partial charge on any atom is 0.269 e. The van der Waals surface area contributed by atoms with Gasteiger partial charge in [-0.25, -0.2) is 9.50 Å². The third-order valence-electron chi connectivity index (χ3n) is 5.20. The van der Waals surface area contributed by atoms with Crippen LogP contribution in [0.3, 0.4) is 0 Å². The van der Waals surface area contributed by atoms with E-state index in [0.29, 0.717) is 47.9 Å². The van der Waals surface area contributed by atoms with Crippen LogP contribution in [-0.4, -0.2) is 63.0 Å². The largest absolute Gasteiger partial charge is 0.354 e. The summed E-state index contributed by atoms with van der Waals surface area (Å²) in [6.07, 6.45) is 1.69. The molecule has 3 aromatic heterocycles. The number of nitrogens with one attached hydrogen (secondary N) is 2. The second kappa shape index (κ2) is 7.71. The second-order valence-electron chi connectivity index (χ2n) is 7.37. The van der Waals surface area contributed by atoms with E-state index < -0.39 is 0 Å². The number of nitrogens with zero attached hydrogens (tertiary/aromatic N) is 5.